The van der Waals surface area contributed by atoms with Gasteiger partial charge < -0.3 is 19.7 Å². The van der Waals surface area contributed by atoms with Crippen LogP contribution >= 0.6 is 11.6 Å². The number of morpholine rings is 1. The van der Waals surface area contributed by atoms with Crippen LogP contribution in [0.15, 0.2) is 36.4 Å². The number of amides is 1. The number of nitrogens with zero attached hydrogens (tertiary/aromatic N) is 3. The Morgan fingerprint density at radius 3 is 2.34 bits per heavy atom. The van der Waals surface area contributed by atoms with Gasteiger partial charge in [-0.1, -0.05) is 11.6 Å². The van der Waals surface area contributed by atoms with Crippen LogP contribution in [0.4, 0.5) is 22.7 Å². The first-order valence-electron chi connectivity index (χ1n) is 9.28. The number of nitro groups is 2. The fourth-order valence-corrected chi connectivity index (χ4v) is 3.16. The van der Waals surface area contributed by atoms with E-state index in [2.05, 4.69) is 5.32 Å². The number of ether oxygens (including phenoxy) is 2. The Morgan fingerprint density at radius 2 is 1.69 bits per heavy atom. The van der Waals surface area contributed by atoms with E-state index in [1.54, 1.807) is 0 Å². The normalized spacial score (nSPS) is 13.3. The Balaban J connectivity index is 1.73. The lowest BCUT2D eigenvalue weighted by Crippen LogP contribution is -2.37. The predicted octanol–water partition coefficient (Wildman–Crippen LogP) is 2.79. The van der Waals surface area contributed by atoms with Crippen LogP contribution < -0.4 is 10.2 Å². The topological polar surface area (TPSA) is 154 Å². The van der Waals surface area contributed by atoms with Crippen molar-refractivity contribution in [2.24, 2.45) is 0 Å². The number of anilines is 2. The van der Waals surface area contributed by atoms with Gasteiger partial charge in [-0.05, 0) is 12.1 Å². The number of esters is 1. The standard InChI is InChI=1S/C19H17ClN4O8/c20-15-3-1-13(24(29)30)10-16(15)21-18(25)11-32-19(26)14-9-12(23(27)28)2-4-17(14)22-5-7-31-8-6-22/h1-4,9-10H,5-8,11H2,(H,21,25). The number of hydrogen-bond donors (Lipinski definition) is 1. The minimum absolute atomic E-state index is 0.0220. The van der Waals surface area contributed by atoms with Crippen molar-refractivity contribution in [1.29, 1.82) is 0 Å². The average Bonchev–Trinajstić information content (AvgIpc) is 2.78. The summed E-state index contributed by atoms with van der Waals surface area (Å²) in [7, 11) is 0. The molecular weight excluding hydrogens is 448 g/mol. The Morgan fingerprint density at radius 1 is 1.06 bits per heavy atom. The number of nitro benzene ring substituents is 2. The molecule has 1 aliphatic heterocycles. The summed E-state index contributed by atoms with van der Waals surface area (Å²) in [5.41, 5.74) is -0.255. The Bertz CT molecular complexity index is 1070. The summed E-state index contributed by atoms with van der Waals surface area (Å²) in [4.78, 5) is 47.4. The Kier molecular flexibility index (Phi) is 7.18. The second-order valence-corrected chi connectivity index (χ2v) is 7.01. The third-order valence-electron chi connectivity index (χ3n) is 4.53. The molecule has 168 valence electrons. The smallest absolute Gasteiger partial charge is 0.341 e. The number of hydrogen-bond acceptors (Lipinski definition) is 9. The molecule has 0 spiro atoms. The minimum Gasteiger partial charge on any atom is -0.452 e. The van der Waals surface area contributed by atoms with E-state index in [1.165, 1.54) is 24.3 Å². The Hall–Kier alpha value is -3.77. The van der Waals surface area contributed by atoms with Crippen molar-refractivity contribution in [1.82, 2.24) is 0 Å². The zero-order chi connectivity index (χ0) is 23.3. The molecule has 13 heteroatoms. The van der Waals surface area contributed by atoms with Crippen molar-refractivity contribution in [3.8, 4) is 0 Å². The summed E-state index contributed by atoms with van der Waals surface area (Å²) in [5.74, 6) is -1.73. The van der Waals surface area contributed by atoms with E-state index in [-0.39, 0.29) is 27.6 Å². The second-order valence-electron chi connectivity index (χ2n) is 6.60. The van der Waals surface area contributed by atoms with Crippen LogP contribution in [0.25, 0.3) is 0 Å². The van der Waals surface area contributed by atoms with Gasteiger partial charge in [0.05, 0.1) is 45.0 Å². The molecule has 1 saturated heterocycles. The number of carbonyl (C=O) groups excluding carboxylic acids is 2. The first-order valence-corrected chi connectivity index (χ1v) is 9.66. The highest BCUT2D eigenvalue weighted by Gasteiger charge is 2.24. The lowest BCUT2D eigenvalue weighted by atomic mass is 10.1. The maximum atomic E-state index is 12.7. The number of carbonyl (C=O) groups is 2. The molecule has 2 aromatic carbocycles. The van der Waals surface area contributed by atoms with Gasteiger partial charge in [-0.3, -0.25) is 25.0 Å². The van der Waals surface area contributed by atoms with E-state index in [0.29, 0.717) is 32.0 Å². The third kappa shape index (κ3) is 5.47. The van der Waals surface area contributed by atoms with Crippen LogP contribution in [0, 0.1) is 20.2 Å². The summed E-state index contributed by atoms with van der Waals surface area (Å²) >= 11 is 5.93. The predicted molar refractivity (Wildman–Crippen MR) is 113 cm³/mol. The van der Waals surface area contributed by atoms with Gasteiger partial charge in [0.15, 0.2) is 6.61 Å². The molecule has 0 aliphatic carbocycles. The lowest BCUT2D eigenvalue weighted by Gasteiger charge is -2.30. The number of halogens is 1. The van der Waals surface area contributed by atoms with Crippen LogP contribution in [-0.4, -0.2) is 54.6 Å². The molecule has 0 saturated carbocycles. The van der Waals surface area contributed by atoms with Crippen molar-refractivity contribution in [2.75, 3.05) is 43.1 Å². The molecule has 0 unspecified atom stereocenters. The second kappa shape index (κ2) is 10.0. The molecule has 0 radical (unpaired) electrons. The molecular formula is C19H17ClN4O8. The third-order valence-corrected chi connectivity index (χ3v) is 4.86. The molecule has 1 amide bonds. The van der Waals surface area contributed by atoms with Crippen LogP contribution in [0.3, 0.4) is 0 Å². The van der Waals surface area contributed by atoms with Gasteiger partial charge in [0.1, 0.15) is 0 Å². The average molecular weight is 465 g/mol. The fraction of sp³-hybridized carbons (Fsp3) is 0.263. The summed E-state index contributed by atoms with van der Waals surface area (Å²) in [6.45, 7) is 1.08. The zero-order valence-corrected chi connectivity index (χ0v) is 17.2. The maximum absolute atomic E-state index is 12.7. The van der Waals surface area contributed by atoms with Gasteiger partial charge in [-0.15, -0.1) is 0 Å². The molecule has 0 bridgehead atoms. The highest BCUT2D eigenvalue weighted by molar-refractivity contribution is 6.33. The van der Waals surface area contributed by atoms with E-state index in [1.807, 2.05) is 4.90 Å². The van der Waals surface area contributed by atoms with E-state index < -0.39 is 28.3 Å². The molecule has 1 heterocycles. The van der Waals surface area contributed by atoms with E-state index >= 15 is 0 Å². The first kappa shape index (κ1) is 22.9. The van der Waals surface area contributed by atoms with Crippen LogP contribution in [0.5, 0.6) is 0 Å². The fourth-order valence-electron chi connectivity index (χ4n) is 3.00. The van der Waals surface area contributed by atoms with Crippen molar-refractivity contribution >= 4 is 46.2 Å². The van der Waals surface area contributed by atoms with Crippen molar-refractivity contribution in [3.05, 3.63) is 67.2 Å². The van der Waals surface area contributed by atoms with E-state index in [4.69, 9.17) is 21.1 Å². The van der Waals surface area contributed by atoms with Gasteiger partial charge in [0.25, 0.3) is 17.3 Å². The molecule has 3 rings (SSSR count). The van der Waals surface area contributed by atoms with E-state index in [9.17, 15) is 29.8 Å². The molecule has 0 aromatic heterocycles. The van der Waals surface area contributed by atoms with Gasteiger partial charge in [0.2, 0.25) is 0 Å². The summed E-state index contributed by atoms with van der Waals surface area (Å²) < 4.78 is 10.3. The lowest BCUT2D eigenvalue weighted by molar-refractivity contribution is -0.385. The first-order chi connectivity index (χ1) is 15.3. The zero-order valence-electron chi connectivity index (χ0n) is 16.5. The number of nitrogens with one attached hydrogen (secondary N) is 1. The van der Waals surface area contributed by atoms with Gasteiger partial charge in [0, 0.05) is 37.4 Å². The van der Waals surface area contributed by atoms with Gasteiger partial charge in [-0.2, -0.15) is 0 Å². The van der Waals surface area contributed by atoms with Crippen molar-refractivity contribution < 1.29 is 28.9 Å². The molecule has 2 aromatic rings. The molecule has 12 nitrogen and oxygen atoms in total. The monoisotopic (exact) mass is 464 g/mol. The summed E-state index contributed by atoms with van der Waals surface area (Å²) in [5, 5.41) is 24.4. The van der Waals surface area contributed by atoms with Crippen molar-refractivity contribution in [3.63, 3.8) is 0 Å². The van der Waals surface area contributed by atoms with Crippen LogP contribution in [0.1, 0.15) is 10.4 Å². The van der Waals surface area contributed by atoms with Gasteiger partial charge in [-0.25, -0.2) is 4.79 Å². The minimum atomic E-state index is -0.935. The largest absolute Gasteiger partial charge is 0.452 e. The molecule has 0 atom stereocenters. The number of rotatable bonds is 7. The number of benzene rings is 2. The molecule has 32 heavy (non-hydrogen) atoms. The molecule has 1 N–H and O–H groups in total. The summed E-state index contributed by atoms with van der Waals surface area (Å²) in [6.07, 6.45) is 0. The van der Waals surface area contributed by atoms with Gasteiger partial charge >= 0.3 is 5.97 Å². The number of non-ortho nitro benzene ring substituents is 2. The van der Waals surface area contributed by atoms with E-state index in [0.717, 1.165) is 12.1 Å². The Labute approximate surface area is 186 Å². The maximum Gasteiger partial charge on any atom is 0.341 e. The SMILES string of the molecule is O=C(COC(=O)c1cc([N+](=O)[O-])ccc1N1CCOCC1)Nc1cc([N+](=O)[O-])ccc1Cl. The highest BCUT2D eigenvalue weighted by atomic mass is 35.5. The quantitative estimate of drug-likeness (QED) is 0.370. The van der Waals surface area contributed by atoms with Crippen LogP contribution in [-0.2, 0) is 14.3 Å². The summed E-state index contributed by atoms with van der Waals surface area (Å²) in [6, 6.07) is 7.30. The molecule has 1 fully saturated rings. The highest BCUT2D eigenvalue weighted by Crippen LogP contribution is 2.28. The van der Waals surface area contributed by atoms with Crippen LogP contribution in [0.2, 0.25) is 5.02 Å². The van der Waals surface area contributed by atoms with Crippen molar-refractivity contribution in [2.45, 2.75) is 0 Å². The molecule has 1 aliphatic rings.